The molecule has 1 saturated heterocycles. The van der Waals surface area contributed by atoms with Crippen LogP contribution in [0.4, 0.5) is 0 Å². The molecular weight excluding hydrogens is 490 g/mol. The summed E-state index contributed by atoms with van der Waals surface area (Å²) in [6, 6.07) is 23.3. The molecule has 0 atom stereocenters. The maximum atomic E-state index is 11.8. The van der Waals surface area contributed by atoms with Gasteiger partial charge in [-0.05, 0) is 92.0 Å². The van der Waals surface area contributed by atoms with Crippen LogP contribution in [-0.4, -0.2) is 43.9 Å². The van der Waals surface area contributed by atoms with Crippen LogP contribution in [0.15, 0.2) is 72.9 Å². The molecule has 7 heteroatoms. The fourth-order valence-corrected chi connectivity index (χ4v) is 6.39. The third-order valence-corrected chi connectivity index (χ3v) is 8.61. The number of nitrogens with zero attached hydrogens (tertiary/aromatic N) is 3. The molecule has 188 valence electrons. The number of carbonyl (C=O) groups excluding carboxylic acids is 1. The molecular formula is C31H27N5OS. The first kappa shape index (κ1) is 23.1. The van der Waals surface area contributed by atoms with Crippen molar-refractivity contribution in [3.63, 3.8) is 0 Å². The van der Waals surface area contributed by atoms with Gasteiger partial charge in [0.05, 0.1) is 26.7 Å². The summed E-state index contributed by atoms with van der Waals surface area (Å²) in [5, 5.41) is 9.98. The minimum Gasteiger partial charge on any atom is -0.353 e. The van der Waals surface area contributed by atoms with Gasteiger partial charge in [0.2, 0.25) is 0 Å². The molecule has 6 aromatic rings. The summed E-state index contributed by atoms with van der Waals surface area (Å²) < 4.78 is 0. The number of likely N-dealkylation sites (tertiary alicyclic amines) is 1. The van der Waals surface area contributed by atoms with Gasteiger partial charge < -0.3 is 4.98 Å². The van der Waals surface area contributed by atoms with Gasteiger partial charge in [-0.3, -0.25) is 19.8 Å². The predicted octanol–water partition coefficient (Wildman–Crippen LogP) is 7.30. The van der Waals surface area contributed by atoms with Gasteiger partial charge in [0.1, 0.15) is 5.69 Å². The largest absolute Gasteiger partial charge is 0.353 e. The highest BCUT2D eigenvalue weighted by Crippen LogP contribution is 2.36. The normalized spacial score (nSPS) is 14.1. The summed E-state index contributed by atoms with van der Waals surface area (Å²) in [6.45, 7) is 5.00. The van der Waals surface area contributed by atoms with Crippen molar-refractivity contribution >= 4 is 38.9 Å². The molecule has 7 rings (SSSR count). The smallest absolute Gasteiger partial charge is 0.169 e. The lowest BCUT2D eigenvalue weighted by atomic mass is 10.0. The van der Waals surface area contributed by atoms with Crippen molar-refractivity contribution in [1.29, 1.82) is 0 Å². The Morgan fingerprint density at radius 3 is 2.61 bits per heavy atom. The van der Waals surface area contributed by atoms with Crippen molar-refractivity contribution in [2.24, 2.45) is 0 Å². The van der Waals surface area contributed by atoms with Crippen LogP contribution in [0.3, 0.4) is 0 Å². The molecule has 1 fully saturated rings. The number of rotatable bonds is 6. The van der Waals surface area contributed by atoms with Crippen LogP contribution in [0, 0.1) is 0 Å². The number of carbonyl (C=O) groups is 1. The molecule has 2 aromatic carbocycles. The van der Waals surface area contributed by atoms with Gasteiger partial charge in [-0.1, -0.05) is 24.3 Å². The van der Waals surface area contributed by atoms with E-state index in [1.54, 1.807) is 13.1 Å². The van der Waals surface area contributed by atoms with Crippen LogP contribution in [0.5, 0.6) is 0 Å². The summed E-state index contributed by atoms with van der Waals surface area (Å²) in [4.78, 5) is 24.3. The zero-order valence-corrected chi connectivity index (χ0v) is 21.9. The molecule has 6 nitrogen and oxygen atoms in total. The number of nitrogens with one attached hydrogen (secondary N) is 2. The van der Waals surface area contributed by atoms with Gasteiger partial charge in [-0.25, -0.2) is 0 Å². The number of thiophene rings is 1. The van der Waals surface area contributed by atoms with Crippen molar-refractivity contribution in [3.8, 4) is 33.1 Å². The number of pyridine rings is 1. The molecule has 4 aromatic heterocycles. The highest BCUT2D eigenvalue weighted by atomic mass is 32.1. The van der Waals surface area contributed by atoms with Crippen LogP contribution < -0.4 is 0 Å². The summed E-state index contributed by atoms with van der Waals surface area (Å²) in [5.41, 5.74) is 8.43. The SMILES string of the molecule is CC(=O)c1ccc(-c2nccc3[nH]c(-c4n[nH]c5ccc(-c6cccc(CN7CCCC7)c6)cc45)cc23)s1. The Morgan fingerprint density at radius 2 is 1.76 bits per heavy atom. The molecule has 1 aliphatic rings. The number of H-pyrrole nitrogens is 2. The maximum absolute atomic E-state index is 11.8. The first-order valence-electron chi connectivity index (χ1n) is 13.0. The molecule has 0 spiro atoms. The van der Waals surface area contributed by atoms with Crippen molar-refractivity contribution in [3.05, 3.63) is 83.4 Å². The van der Waals surface area contributed by atoms with E-state index in [4.69, 9.17) is 0 Å². The van der Waals surface area contributed by atoms with Gasteiger partial charge in [0, 0.05) is 29.0 Å². The van der Waals surface area contributed by atoms with Gasteiger partial charge in [0.15, 0.2) is 5.78 Å². The summed E-state index contributed by atoms with van der Waals surface area (Å²) in [6.07, 6.45) is 4.41. The van der Waals surface area contributed by atoms with Crippen LogP contribution in [0.25, 0.3) is 54.9 Å². The second-order valence-electron chi connectivity index (χ2n) is 10.0. The lowest BCUT2D eigenvalue weighted by Gasteiger charge is -2.15. The molecule has 0 aliphatic carbocycles. The van der Waals surface area contributed by atoms with E-state index in [0.717, 1.165) is 55.2 Å². The Morgan fingerprint density at radius 1 is 0.921 bits per heavy atom. The van der Waals surface area contributed by atoms with Crippen LogP contribution in [0.1, 0.15) is 35.0 Å². The molecule has 2 N–H and O–H groups in total. The number of ketones is 1. The zero-order chi connectivity index (χ0) is 25.6. The summed E-state index contributed by atoms with van der Waals surface area (Å²) in [7, 11) is 0. The van der Waals surface area contributed by atoms with Gasteiger partial charge >= 0.3 is 0 Å². The maximum Gasteiger partial charge on any atom is 0.169 e. The fraction of sp³-hybridized carbons (Fsp3) is 0.194. The van der Waals surface area contributed by atoms with Crippen LogP contribution in [-0.2, 0) is 6.54 Å². The fourth-order valence-electron chi connectivity index (χ4n) is 5.48. The minimum absolute atomic E-state index is 0.0727. The molecule has 0 saturated carbocycles. The lowest BCUT2D eigenvalue weighted by Crippen LogP contribution is -2.18. The number of aromatic nitrogens is 4. The molecule has 0 radical (unpaired) electrons. The number of benzene rings is 2. The molecule has 5 heterocycles. The standard InChI is InChI=1S/C31H27N5OS/c1-19(37)28-9-10-29(38-28)31-24-17-27(33-25(24)11-12-32-31)30-23-16-22(7-8-26(23)34-35-30)21-6-4-5-20(15-21)18-36-13-2-3-14-36/h4-12,15-17,33H,2-3,13-14,18H2,1H3,(H,34,35). The first-order chi connectivity index (χ1) is 18.6. The van der Waals surface area contributed by atoms with E-state index in [1.165, 1.54) is 54.0 Å². The molecule has 1 aliphatic heterocycles. The van der Waals surface area contributed by atoms with E-state index >= 15 is 0 Å². The highest BCUT2D eigenvalue weighted by Gasteiger charge is 2.17. The van der Waals surface area contributed by atoms with Crippen LogP contribution >= 0.6 is 11.3 Å². The summed E-state index contributed by atoms with van der Waals surface area (Å²) in [5.74, 6) is 0.0727. The quantitative estimate of drug-likeness (QED) is 0.227. The van der Waals surface area contributed by atoms with Gasteiger partial charge in [0.25, 0.3) is 0 Å². The number of hydrogen-bond donors (Lipinski definition) is 2. The minimum atomic E-state index is 0.0727. The Bertz CT molecular complexity index is 1800. The zero-order valence-electron chi connectivity index (χ0n) is 21.1. The van der Waals surface area contributed by atoms with E-state index < -0.39 is 0 Å². The summed E-state index contributed by atoms with van der Waals surface area (Å²) >= 11 is 1.48. The second kappa shape index (κ2) is 9.35. The van der Waals surface area contributed by atoms with Crippen molar-refractivity contribution < 1.29 is 4.79 Å². The van der Waals surface area contributed by atoms with E-state index in [2.05, 4.69) is 73.6 Å². The number of hydrogen-bond acceptors (Lipinski definition) is 5. The Labute approximate surface area is 224 Å². The van der Waals surface area contributed by atoms with E-state index in [9.17, 15) is 4.79 Å². The van der Waals surface area contributed by atoms with Crippen molar-refractivity contribution in [1.82, 2.24) is 25.1 Å². The number of Topliss-reactive ketones (excluding diaryl/α,β-unsaturated/α-hetero) is 1. The van der Waals surface area contributed by atoms with Gasteiger partial charge in [-0.15, -0.1) is 11.3 Å². The van der Waals surface area contributed by atoms with Crippen molar-refractivity contribution in [2.45, 2.75) is 26.3 Å². The van der Waals surface area contributed by atoms with E-state index in [-0.39, 0.29) is 5.78 Å². The monoisotopic (exact) mass is 517 g/mol. The van der Waals surface area contributed by atoms with Gasteiger partial charge in [-0.2, -0.15) is 5.10 Å². The number of aromatic amines is 2. The molecule has 0 unspecified atom stereocenters. The van der Waals surface area contributed by atoms with Crippen LogP contribution in [0.2, 0.25) is 0 Å². The van der Waals surface area contributed by atoms with E-state index in [1.807, 2.05) is 18.2 Å². The molecule has 38 heavy (non-hydrogen) atoms. The average molecular weight is 518 g/mol. The predicted molar refractivity (Wildman–Crippen MR) is 154 cm³/mol. The third-order valence-electron chi connectivity index (χ3n) is 7.42. The molecule has 0 amide bonds. The van der Waals surface area contributed by atoms with E-state index in [0.29, 0.717) is 0 Å². The highest BCUT2D eigenvalue weighted by molar-refractivity contribution is 7.17. The third kappa shape index (κ3) is 4.14. The average Bonchev–Trinajstić information content (AvgIpc) is 3.74. The first-order valence-corrected chi connectivity index (χ1v) is 13.8. The molecule has 0 bridgehead atoms. The second-order valence-corrected chi connectivity index (χ2v) is 11.1. The Kier molecular flexibility index (Phi) is 5.68. The Balaban J connectivity index is 1.27. The van der Waals surface area contributed by atoms with Crippen molar-refractivity contribution in [2.75, 3.05) is 13.1 Å². The number of fused-ring (bicyclic) bond motifs is 2. The lowest BCUT2D eigenvalue weighted by molar-refractivity contribution is 0.102. The Hall–Kier alpha value is -4.07. The topological polar surface area (TPSA) is 77.7 Å².